The van der Waals surface area contributed by atoms with Gasteiger partial charge in [-0.25, -0.2) is 22.6 Å². The van der Waals surface area contributed by atoms with Crippen LogP contribution in [0.25, 0.3) is 33.4 Å². The van der Waals surface area contributed by atoms with Crippen molar-refractivity contribution < 1.29 is 17.6 Å². The number of nitrogens with zero attached hydrogens (tertiary/aromatic N) is 2. The van der Waals surface area contributed by atoms with E-state index in [0.29, 0.717) is 43.6 Å². The van der Waals surface area contributed by atoms with Crippen molar-refractivity contribution in [1.29, 1.82) is 0 Å². The number of aromatic nitrogens is 3. The lowest BCUT2D eigenvalue weighted by Crippen LogP contribution is -2.19. The van der Waals surface area contributed by atoms with Gasteiger partial charge in [0.25, 0.3) is 0 Å². The molecule has 11 heteroatoms. The molecule has 8 nitrogen and oxygen atoms in total. The first-order valence-corrected chi connectivity index (χ1v) is 13.6. The predicted molar refractivity (Wildman–Crippen MR) is 145 cm³/mol. The summed E-state index contributed by atoms with van der Waals surface area (Å²) in [4.78, 5) is 17.1. The van der Waals surface area contributed by atoms with Crippen molar-refractivity contribution in [2.24, 2.45) is 0 Å². The maximum Gasteiger partial charge on any atom is 0.323 e. The number of carbonyl (C=O) groups is 1. The summed E-state index contributed by atoms with van der Waals surface area (Å²) >= 11 is 3.37. The van der Waals surface area contributed by atoms with Gasteiger partial charge in [0.15, 0.2) is 15.5 Å². The van der Waals surface area contributed by atoms with Crippen LogP contribution in [0.1, 0.15) is 0 Å². The van der Waals surface area contributed by atoms with Crippen LogP contribution < -0.4 is 10.6 Å². The predicted octanol–water partition coefficient (Wildman–Crippen LogP) is 6.24. The molecule has 5 rings (SSSR count). The fourth-order valence-electron chi connectivity index (χ4n) is 3.83. The fourth-order valence-corrected chi connectivity index (χ4v) is 4.88. The van der Waals surface area contributed by atoms with Gasteiger partial charge in [-0.2, -0.15) is 5.10 Å². The molecular formula is C26H19BrFN5O3S. The minimum absolute atomic E-state index is 0.194. The molecule has 186 valence electrons. The molecule has 2 heterocycles. The highest BCUT2D eigenvalue weighted by molar-refractivity contribution is 9.10. The number of hydrogen-bond donors (Lipinski definition) is 3. The summed E-state index contributed by atoms with van der Waals surface area (Å²) in [5, 5.41) is 13.1. The van der Waals surface area contributed by atoms with Crippen LogP contribution in [0.2, 0.25) is 0 Å². The smallest absolute Gasteiger partial charge is 0.308 e. The summed E-state index contributed by atoms with van der Waals surface area (Å²) in [6, 6.07) is 19.1. The monoisotopic (exact) mass is 579 g/mol. The lowest BCUT2D eigenvalue weighted by atomic mass is 10.0. The molecule has 0 bridgehead atoms. The van der Waals surface area contributed by atoms with Crippen molar-refractivity contribution in [2.75, 3.05) is 16.9 Å². The van der Waals surface area contributed by atoms with E-state index in [0.717, 1.165) is 6.26 Å². The van der Waals surface area contributed by atoms with Gasteiger partial charge in [-0.3, -0.25) is 5.10 Å². The second-order valence-electron chi connectivity index (χ2n) is 8.28. The lowest BCUT2D eigenvalue weighted by molar-refractivity contribution is 0.262. The number of anilines is 2. The Morgan fingerprint density at radius 2 is 1.76 bits per heavy atom. The summed E-state index contributed by atoms with van der Waals surface area (Å²) in [5.74, 6) is -0.560. The topological polar surface area (TPSA) is 117 Å². The first-order chi connectivity index (χ1) is 17.7. The normalized spacial score (nSPS) is 11.4. The van der Waals surface area contributed by atoms with Crippen molar-refractivity contribution in [3.8, 4) is 22.4 Å². The van der Waals surface area contributed by atoms with Crippen LogP contribution >= 0.6 is 15.9 Å². The number of urea groups is 1. The molecule has 2 amide bonds. The van der Waals surface area contributed by atoms with Crippen molar-refractivity contribution in [2.45, 2.75) is 4.90 Å². The summed E-state index contributed by atoms with van der Waals surface area (Å²) in [7, 11) is -3.38. The zero-order chi connectivity index (χ0) is 26.2. The molecule has 5 aromatic rings. The molecule has 0 spiro atoms. The minimum Gasteiger partial charge on any atom is -0.308 e. The van der Waals surface area contributed by atoms with Gasteiger partial charge in [-0.1, -0.05) is 24.3 Å². The third kappa shape index (κ3) is 5.37. The highest BCUT2D eigenvalue weighted by Crippen LogP contribution is 2.32. The molecule has 0 saturated heterocycles. The van der Waals surface area contributed by atoms with E-state index >= 15 is 0 Å². The molecule has 0 fully saturated rings. The summed E-state index contributed by atoms with van der Waals surface area (Å²) < 4.78 is 39.2. The number of sulfone groups is 1. The van der Waals surface area contributed by atoms with Crippen LogP contribution in [0, 0.1) is 5.82 Å². The van der Waals surface area contributed by atoms with Crippen molar-refractivity contribution in [3.05, 3.63) is 89.3 Å². The lowest BCUT2D eigenvalue weighted by Gasteiger charge is -2.10. The second kappa shape index (κ2) is 9.75. The third-order valence-electron chi connectivity index (χ3n) is 5.56. The molecule has 0 aliphatic heterocycles. The average Bonchev–Trinajstić information content (AvgIpc) is 3.28. The minimum atomic E-state index is -3.38. The van der Waals surface area contributed by atoms with Crippen LogP contribution in [-0.4, -0.2) is 35.9 Å². The van der Waals surface area contributed by atoms with Crippen LogP contribution in [0.3, 0.4) is 0 Å². The van der Waals surface area contributed by atoms with E-state index < -0.39 is 21.7 Å². The van der Waals surface area contributed by atoms with Crippen LogP contribution in [0.15, 0.2) is 88.4 Å². The number of amides is 2. The molecule has 0 unspecified atom stereocenters. The molecule has 0 saturated carbocycles. The molecular weight excluding hydrogens is 561 g/mol. The highest BCUT2D eigenvalue weighted by atomic mass is 79.9. The largest absolute Gasteiger partial charge is 0.323 e. The molecule has 2 aromatic heterocycles. The number of benzene rings is 3. The number of hydrogen-bond acceptors (Lipinski definition) is 5. The first kappa shape index (κ1) is 24.6. The van der Waals surface area contributed by atoms with Crippen LogP contribution in [0.4, 0.5) is 20.6 Å². The molecule has 0 radical (unpaired) electrons. The van der Waals surface area contributed by atoms with Crippen molar-refractivity contribution in [1.82, 2.24) is 15.2 Å². The van der Waals surface area contributed by atoms with E-state index in [1.165, 1.54) is 18.2 Å². The van der Waals surface area contributed by atoms with Gasteiger partial charge in [-0.05, 0) is 70.0 Å². The third-order valence-corrected chi connectivity index (χ3v) is 7.36. The Morgan fingerprint density at radius 1 is 0.946 bits per heavy atom. The average molecular weight is 580 g/mol. The van der Waals surface area contributed by atoms with Crippen molar-refractivity contribution in [3.63, 3.8) is 0 Å². The highest BCUT2D eigenvalue weighted by Gasteiger charge is 2.15. The number of aromatic amines is 1. The number of H-pyrrole nitrogens is 1. The Bertz CT molecular complexity index is 1770. The van der Waals surface area contributed by atoms with Gasteiger partial charge in [-0.15, -0.1) is 0 Å². The van der Waals surface area contributed by atoms with E-state index in [9.17, 15) is 17.6 Å². The van der Waals surface area contributed by atoms with Gasteiger partial charge >= 0.3 is 6.03 Å². The fraction of sp³-hybridized carbons (Fsp3) is 0.0385. The maximum atomic E-state index is 14.6. The van der Waals surface area contributed by atoms with Gasteiger partial charge in [0.2, 0.25) is 0 Å². The van der Waals surface area contributed by atoms with Gasteiger partial charge in [0, 0.05) is 39.1 Å². The van der Waals surface area contributed by atoms with Gasteiger partial charge in [0.1, 0.15) is 11.5 Å². The number of pyridine rings is 1. The number of halogens is 2. The van der Waals surface area contributed by atoms with Crippen molar-refractivity contribution >= 4 is 54.2 Å². The summed E-state index contributed by atoms with van der Waals surface area (Å²) in [6.45, 7) is 0. The zero-order valence-corrected chi connectivity index (χ0v) is 21.7. The second-order valence-corrected chi connectivity index (χ2v) is 11.1. The van der Waals surface area contributed by atoms with E-state index in [1.807, 2.05) is 6.07 Å². The SMILES string of the molecule is CS(=O)(=O)c1cccc(-c2cnc3[nH]nc(-c4cc(F)cc(NC(=O)Nc5ccccc5Br)c4)c3c2)c1. The maximum absolute atomic E-state index is 14.6. The van der Waals surface area contributed by atoms with E-state index in [1.54, 1.807) is 54.7 Å². The first-order valence-electron chi connectivity index (χ1n) is 11.0. The molecule has 0 aliphatic rings. The van der Waals surface area contributed by atoms with Crippen LogP contribution in [-0.2, 0) is 9.84 Å². The summed E-state index contributed by atoms with van der Waals surface area (Å²) in [6.07, 6.45) is 2.76. The van der Waals surface area contributed by atoms with Gasteiger partial charge in [0.05, 0.1) is 10.6 Å². The molecule has 37 heavy (non-hydrogen) atoms. The number of nitrogens with one attached hydrogen (secondary N) is 3. The number of para-hydroxylation sites is 1. The van der Waals surface area contributed by atoms with Crippen LogP contribution in [0.5, 0.6) is 0 Å². The molecule has 0 atom stereocenters. The Labute approximate surface area is 220 Å². The Kier molecular flexibility index (Phi) is 6.48. The van der Waals surface area contributed by atoms with Gasteiger partial charge < -0.3 is 10.6 Å². The molecule has 3 N–H and O–H groups in total. The van der Waals surface area contributed by atoms with E-state index in [4.69, 9.17) is 0 Å². The quantitative estimate of drug-likeness (QED) is 0.228. The number of carbonyl (C=O) groups excluding carboxylic acids is 1. The number of rotatable bonds is 5. The zero-order valence-electron chi connectivity index (χ0n) is 19.3. The van der Waals surface area contributed by atoms with E-state index in [2.05, 4.69) is 41.7 Å². The standard InChI is InChI=1S/C26H19BrFN5O3S/c1-37(35,36)20-6-4-5-15(11-20)17-12-21-24(32-33-25(21)29-14-17)16-9-18(28)13-19(10-16)30-26(34)31-23-8-3-2-7-22(23)27/h2-14H,1H3,(H,29,32,33)(H2,30,31,34). The Morgan fingerprint density at radius 3 is 2.54 bits per heavy atom. The molecule has 0 aliphatic carbocycles. The number of fused-ring (bicyclic) bond motifs is 1. The summed E-state index contributed by atoms with van der Waals surface area (Å²) in [5.41, 5.74) is 3.46. The van der Waals surface area contributed by atoms with E-state index in [-0.39, 0.29) is 10.6 Å². The molecule has 3 aromatic carbocycles. The Balaban J connectivity index is 1.48. The Hall–Kier alpha value is -4.09.